The molecule has 0 spiro atoms. The van der Waals surface area contributed by atoms with E-state index >= 15 is 0 Å². The topological polar surface area (TPSA) is 20.2 Å². The summed E-state index contributed by atoms with van der Waals surface area (Å²) in [5.41, 5.74) is 0.161. The predicted octanol–water partition coefficient (Wildman–Crippen LogP) is 25.0. The first-order valence-electron chi connectivity index (χ1n) is 32.3. The molecule has 1 N–H and O–H groups in total. The molecule has 2 heteroatoms. The second kappa shape index (κ2) is 42.3. The minimum absolute atomic E-state index is 0.0446. The predicted molar refractivity (Wildman–Crippen MR) is 316 cm³/mol. The molecule has 0 amide bonds. The summed E-state index contributed by atoms with van der Waals surface area (Å²) in [7, 11) is 0. The van der Waals surface area contributed by atoms with Gasteiger partial charge >= 0.3 is 0 Å². The molecular formula is C66H132OS. The van der Waals surface area contributed by atoms with Crippen LogP contribution in [0.3, 0.4) is 0 Å². The second-order valence-electron chi connectivity index (χ2n) is 23.7. The lowest BCUT2D eigenvalue weighted by molar-refractivity contribution is -0.245. The van der Waals surface area contributed by atoms with Crippen molar-refractivity contribution in [2.75, 3.05) is 0 Å². The van der Waals surface area contributed by atoms with E-state index in [1.165, 1.54) is 289 Å². The van der Waals surface area contributed by atoms with E-state index in [1.807, 2.05) is 0 Å². The number of hydrogen-bond donors (Lipinski definition) is 1. The van der Waals surface area contributed by atoms with E-state index in [9.17, 15) is 5.11 Å². The standard InChI is InChI=1S/C66H132OS/c1-13-25-37-49-60(48-36-24-12)62(50-38-26-14-2,51-39-27-15-3)64(54-42-30-18-6,55-43-31-19-7)66(58-46-34-22-10,59-47-35-23-11)65(56-44-32-20-8,57-45-33-21-9)63(61(67)68,52-40-28-16-4)53-41-29-17-5/h60H,13-59H2,1-12H3,(H,67,68). The van der Waals surface area contributed by atoms with Crippen molar-refractivity contribution in [3.63, 3.8) is 0 Å². The van der Waals surface area contributed by atoms with Crippen molar-refractivity contribution < 1.29 is 5.11 Å². The van der Waals surface area contributed by atoms with Crippen LogP contribution in [0.15, 0.2) is 0 Å². The highest BCUT2D eigenvalue weighted by atomic mass is 32.1. The van der Waals surface area contributed by atoms with Gasteiger partial charge in [0.15, 0.2) is 5.05 Å². The molecule has 1 atom stereocenters. The summed E-state index contributed by atoms with van der Waals surface area (Å²) in [6.45, 7) is 29.6. The molecule has 0 heterocycles. The fourth-order valence-electron chi connectivity index (χ4n) is 15.7. The maximum atomic E-state index is 13.4. The molecule has 68 heavy (non-hydrogen) atoms. The Morgan fingerprint density at radius 3 is 0.809 bits per heavy atom. The summed E-state index contributed by atoms with van der Waals surface area (Å²) in [6, 6.07) is 0. The fraction of sp³-hybridized carbons (Fsp3) is 0.985. The fourth-order valence-corrected chi connectivity index (χ4v) is 16.1. The Labute approximate surface area is 438 Å². The minimum atomic E-state index is -0.340. The van der Waals surface area contributed by atoms with Gasteiger partial charge in [-0.3, -0.25) is 0 Å². The molecule has 0 aromatic heterocycles. The summed E-state index contributed by atoms with van der Waals surface area (Å²) < 4.78 is 0. The van der Waals surface area contributed by atoms with Gasteiger partial charge in [0.25, 0.3) is 0 Å². The molecule has 0 aliphatic rings. The number of aliphatic hydroxyl groups excluding tert-OH is 1. The van der Waals surface area contributed by atoms with Crippen molar-refractivity contribution in [1.82, 2.24) is 0 Å². The molecule has 0 aliphatic carbocycles. The van der Waals surface area contributed by atoms with Crippen molar-refractivity contribution in [2.24, 2.45) is 33.0 Å². The molecule has 0 saturated heterocycles. The van der Waals surface area contributed by atoms with Crippen molar-refractivity contribution in [2.45, 2.75) is 385 Å². The number of aliphatic hydroxyl groups is 1. The molecule has 408 valence electrons. The van der Waals surface area contributed by atoms with E-state index in [0.717, 1.165) is 18.8 Å². The van der Waals surface area contributed by atoms with Crippen molar-refractivity contribution in [3.05, 3.63) is 0 Å². The van der Waals surface area contributed by atoms with Crippen LogP contribution in [0.2, 0.25) is 0 Å². The van der Waals surface area contributed by atoms with E-state index in [-0.39, 0.29) is 27.1 Å². The third kappa shape index (κ3) is 20.3. The van der Waals surface area contributed by atoms with Crippen LogP contribution in [0.5, 0.6) is 0 Å². The molecule has 0 aromatic rings. The lowest BCUT2D eigenvalue weighted by Crippen LogP contribution is -2.68. The average molecular weight is 974 g/mol. The summed E-state index contributed by atoms with van der Waals surface area (Å²) in [6.07, 6.45) is 62.2. The molecule has 1 unspecified atom stereocenters. The van der Waals surface area contributed by atoms with Crippen LogP contribution < -0.4 is 0 Å². The number of thiocarbonyl (C=S) groups is 1. The van der Waals surface area contributed by atoms with Crippen molar-refractivity contribution in [3.8, 4) is 0 Å². The van der Waals surface area contributed by atoms with E-state index < -0.39 is 0 Å². The van der Waals surface area contributed by atoms with E-state index in [0.29, 0.717) is 5.05 Å². The monoisotopic (exact) mass is 973 g/mol. The molecule has 0 aromatic carbocycles. The average Bonchev–Trinajstić information content (AvgIpc) is 3.33. The molecule has 0 fully saturated rings. The Hall–Kier alpha value is -0.110. The van der Waals surface area contributed by atoms with Crippen LogP contribution in [0.25, 0.3) is 0 Å². The number of rotatable bonds is 53. The van der Waals surface area contributed by atoms with Gasteiger partial charge in [-0.2, -0.15) is 0 Å². The Bertz CT molecular complexity index is 1060. The Balaban J connectivity index is 10.5. The third-order valence-corrected chi connectivity index (χ3v) is 19.5. The van der Waals surface area contributed by atoms with Crippen LogP contribution in [-0.4, -0.2) is 10.2 Å². The van der Waals surface area contributed by atoms with Gasteiger partial charge in [-0.25, -0.2) is 0 Å². The van der Waals surface area contributed by atoms with Crippen LogP contribution in [0.1, 0.15) is 385 Å². The van der Waals surface area contributed by atoms with Crippen LogP contribution in [0.4, 0.5) is 0 Å². The highest BCUT2D eigenvalue weighted by molar-refractivity contribution is 7.80. The zero-order chi connectivity index (χ0) is 50.9. The lowest BCUT2D eigenvalue weighted by Gasteiger charge is -2.74. The van der Waals surface area contributed by atoms with Crippen LogP contribution in [0, 0.1) is 33.0 Å². The summed E-state index contributed by atoms with van der Waals surface area (Å²) in [4.78, 5) is 0. The summed E-state index contributed by atoms with van der Waals surface area (Å²) in [5.74, 6) is 0.766. The van der Waals surface area contributed by atoms with E-state index in [2.05, 4.69) is 83.1 Å². The Kier molecular flexibility index (Phi) is 42.2. The van der Waals surface area contributed by atoms with Gasteiger partial charge < -0.3 is 5.11 Å². The molecule has 0 aliphatic heterocycles. The maximum Gasteiger partial charge on any atom is 0.163 e. The Morgan fingerprint density at radius 2 is 0.515 bits per heavy atom. The van der Waals surface area contributed by atoms with E-state index in [4.69, 9.17) is 12.2 Å². The molecule has 1 nitrogen and oxygen atoms in total. The SMILES string of the molecule is CCCCCC(CCCC)C(CCCCC)(CCCCC)C(CCCCC)(CCCCC)C(CCCCC)(CCCCC)C(CCCCC)(CCCCC)C(CCCCC)(CCCCC)C(O)=S. The van der Waals surface area contributed by atoms with Crippen LogP contribution >= 0.6 is 12.2 Å². The largest absolute Gasteiger partial charge is 0.502 e. The van der Waals surface area contributed by atoms with Gasteiger partial charge in [-0.05, 0) is 117 Å². The van der Waals surface area contributed by atoms with Gasteiger partial charge in [-0.1, -0.05) is 308 Å². The first-order valence-corrected chi connectivity index (χ1v) is 32.7. The van der Waals surface area contributed by atoms with Gasteiger partial charge in [0, 0.05) is 5.41 Å². The number of hydrogen-bond acceptors (Lipinski definition) is 1. The molecule has 0 radical (unpaired) electrons. The molecular weight excluding hydrogens is 841 g/mol. The van der Waals surface area contributed by atoms with Gasteiger partial charge in [0.05, 0.1) is 0 Å². The quantitative estimate of drug-likeness (QED) is 0.0484. The van der Waals surface area contributed by atoms with Crippen molar-refractivity contribution >= 4 is 17.3 Å². The highest BCUT2D eigenvalue weighted by Crippen LogP contribution is 2.79. The minimum Gasteiger partial charge on any atom is -0.502 e. The van der Waals surface area contributed by atoms with Gasteiger partial charge in [-0.15, -0.1) is 0 Å². The molecule has 0 saturated carbocycles. The molecule has 0 bridgehead atoms. The first-order chi connectivity index (χ1) is 33.1. The smallest absolute Gasteiger partial charge is 0.163 e. The zero-order valence-electron chi connectivity index (χ0n) is 49.7. The maximum absolute atomic E-state index is 13.4. The third-order valence-electron chi connectivity index (χ3n) is 19.1. The van der Waals surface area contributed by atoms with Gasteiger partial charge in [0.1, 0.15) is 0 Å². The second-order valence-corrected chi connectivity index (χ2v) is 24.1. The van der Waals surface area contributed by atoms with Crippen molar-refractivity contribution in [1.29, 1.82) is 0 Å². The first kappa shape index (κ1) is 67.9. The normalized spacial score (nSPS) is 13.5. The van der Waals surface area contributed by atoms with E-state index in [1.54, 1.807) is 0 Å². The summed E-state index contributed by atoms with van der Waals surface area (Å²) in [5, 5.41) is 13.8. The van der Waals surface area contributed by atoms with Gasteiger partial charge in [0.2, 0.25) is 0 Å². The summed E-state index contributed by atoms with van der Waals surface area (Å²) >= 11 is 6.81. The lowest BCUT2D eigenvalue weighted by atomic mass is 9.30. The zero-order valence-corrected chi connectivity index (χ0v) is 50.5. The highest BCUT2D eigenvalue weighted by Gasteiger charge is 2.72. The Morgan fingerprint density at radius 1 is 0.279 bits per heavy atom. The number of unbranched alkanes of at least 4 members (excludes halogenated alkanes) is 23. The molecule has 0 rings (SSSR count). The van der Waals surface area contributed by atoms with Crippen LogP contribution in [-0.2, 0) is 0 Å².